The minimum Gasteiger partial charge on any atom is -0.494 e. The lowest BCUT2D eigenvalue weighted by Crippen LogP contribution is -2.41. The van der Waals surface area contributed by atoms with Crippen molar-refractivity contribution >= 4 is 11.8 Å². The summed E-state index contributed by atoms with van der Waals surface area (Å²) in [6.07, 6.45) is -4.55. The van der Waals surface area contributed by atoms with Gasteiger partial charge in [-0.2, -0.15) is 13.2 Å². The van der Waals surface area contributed by atoms with E-state index in [4.69, 9.17) is 4.74 Å². The van der Waals surface area contributed by atoms with Crippen LogP contribution in [0.3, 0.4) is 0 Å². The molecule has 132 valence electrons. The lowest BCUT2D eigenvalue weighted by Gasteiger charge is -2.10. The molecule has 0 radical (unpaired) electrons. The van der Waals surface area contributed by atoms with E-state index in [1.165, 1.54) is 18.2 Å². The number of carbonyl (C=O) groups is 2. The zero-order valence-corrected chi connectivity index (χ0v) is 13.2. The van der Waals surface area contributed by atoms with Gasteiger partial charge >= 0.3 is 6.18 Å². The number of benzene rings is 2. The Morgan fingerprint density at radius 3 is 2.12 bits per heavy atom. The van der Waals surface area contributed by atoms with Gasteiger partial charge in [-0.3, -0.25) is 20.4 Å². The fraction of sp³-hybridized carbons (Fsp3) is 0.176. The normalized spacial score (nSPS) is 10.9. The van der Waals surface area contributed by atoms with Crippen molar-refractivity contribution < 1.29 is 27.5 Å². The highest BCUT2D eigenvalue weighted by Gasteiger charge is 2.30. The molecule has 8 heteroatoms. The molecule has 0 atom stereocenters. The summed E-state index contributed by atoms with van der Waals surface area (Å²) in [6, 6.07) is 10.1. The fourth-order valence-electron chi connectivity index (χ4n) is 1.96. The van der Waals surface area contributed by atoms with Crippen molar-refractivity contribution in [3.8, 4) is 5.75 Å². The maximum Gasteiger partial charge on any atom is 0.416 e. The summed E-state index contributed by atoms with van der Waals surface area (Å²) in [7, 11) is 0. The van der Waals surface area contributed by atoms with Gasteiger partial charge in [-0.1, -0.05) is 6.07 Å². The third-order valence-electron chi connectivity index (χ3n) is 3.17. The molecule has 0 bridgehead atoms. The summed E-state index contributed by atoms with van der Waals surface area (Å²) < 4.78 is 43.2. The molecule has 0 aliphatic carbocycles. The first-order valence-electron chi connectivity index (χ1n) is 7.32. The molecule has 2 amide bonds. The SMILES string of the molecule is CCOc1ccc(C(=O)NNC(=O)c2cccc(C(F)(F)F)c2)cc1. The zero-order chi connectivity index (χ0) is 18.4. The average Bonchev–Trinajstić information content (AvgIpc) is 2.59. The lowest BCUT2D eigenvalue weighted by molar-refractivity contribution is -0.137. The highest BCUT2D eigenvalue weighted by molar-refractivity contribution is 5.99. The molecule has 0 unspecified atom stereocenters. The molecule has 0 saturated heterocycles. The quantitative estimate of drug-likeness (QED) is 0.831. The molecular formula is C17H15F3N2O3. The molecule has 0 aliphatic heterocycles. The van der Waals surface area contributed by atoms with E-state index in [-0.39, 0.29) is 11.1 Å². The number of hydrogen-bond acceptors (Lipinski definition) is 3. The van der Waals surface area contributed by atoms with Crippen LogP contribution in [0.2, 0.25) is 0 Å². The van der Waals surface area contributed by atoms with Crippen molar-refractivity contribution in [2.24, 2.45) is 0 Å². The van der Waals surface area contributed by atoms with Crippen LogP contribution >= 0.6 is 0 Å². The van der Waals surface area contributed by atoms with Gasteiger partial charge in [0.2, 0.25) is 0 Å². The van der Waals surface area contributed by atoms with E-state index < -0.39 is 23.6 Å². The van der Waals surface area contributed by atoms with Gasteiger partial charge in [-0.05, 0) is 49.4 Å². The van der Waals surface area contributed by atoms with E-state index in [1.54, 1.807) is 12.1 Å². The van der Waals surface area contributed by atoms with E-state index in [9.17, 15) is 22.8 Å². The first kappa shape index (κ1) is 18.3. The van der Waals surface area contributed by atoms with Crippen LogP contribution in [0.15, 0.2) is 48.5 Å². The van der Waals surface area contributed by atoms with Gasteiger partial charge in [-0.25, -0.2) is 0 Å². The van der Waals surface area contributed by atoms with Crippen molar-refractivity contribution in [1.82, 2.24) is 10.9 Å². The summed E-state index contributed by atoms with van der Waals surface area (Å²) in [5, 5.41) is 0. The Labute approximate surface area is 141 Å². The van der Waals surface area contributed by atoms with Crippen LogP contribution in [-0.2, 0) is 6.18 Å². The summed E-state index contributed by atoms with van der Waals surface area (Å²) in [6.45, 7) is 2.31. The number of hydrazine groups is 1. The van der Waals surface area contributed by atoms with Crippen molar-refractivity contribution in [2.45, 2.75) is 13.1 Å². The molecule has 2 aromatic rings. The lowest BCUT2D eigenvalue weighted by atomic mass is 10.1. The second-order valence-corrected chi connectivity index (χ2v) is 4.94. The maximum atomic E-state index is 12.6. The molecule has 0 spiro atoms. The van der Waals surface area contributed by atoms with Crippen LogP contribution in [0.1, 0.15) is 33.2 Å². The first-order chi connectivity index (χ1) is 11.8. The summed E-state index contributed by atoms with van der Waals surface area (Å²) in [5.41, 5.74) is 3.32. The number of rotatable bonds is 4. The Morgan fingerprint density at radius 1 is 0.960 bits per heavy atom. The first-order valence-corrected chi connectivity index (χ1v) is 7.32. The number of hydrogen-bond donors (Lipinski definition) is 2. The molecular weight excluding hydrogens is 337 g/mol. The number of amides is 2. The van der Waals surface area contributed by atoms with E-state index in [2.05, 4.69) is 10.9 Å². The fourth-order valence-corrected chi connectivity index (χ4v) is 1.96. The van der Waals surface area contributed by atoms with Gasteiger partial charge in [0.25, 0.3) is 11.8 Å². The van der Waals surface area contributed by atoms with Crippen molar-refractivity contribution in [3.05, 3.63) is 65.2 Å². The smallest absolute Gasteiger partial charge is 0.416 e. The van der Waals surface area contributed by atoms with Gasteiger partial charge in [0.15, 0.2) is 0 Å². The zero-order valence-electron chi connectivity index (χ0n) is 13.2. The van der Waals surface area contributed by atoms with Crippen molar-refractivity contribution in [3.63, 3.8) is 0 Å². The molecule has 0 aromatic heterocycles. The van der Waals surface area contributed by atoms with Crippen LogP contribution in [0.4, 0.5) is 13.2 Å². The minimum atomic E-state index is -4.55. The number of carbonyl (C=O) groups excluding carboxylic acids is 2. The van der Waals surface area contributed by atoms with E-state index in [0.717, 1.165) is 12.1 Å². The van der Waals surface area contributed by atoms with E-state index in [0.29, 0.717) is 18.4 Å². The number of alkyl halides is 3. The highest BCUT2D eigenvalue weighted by Crippen LogP contribution is 2.29. The molecule has 2 rings (SSSR count). The summed E-state index contributed by atoms with van der Waals surface area (Å²) in [5.74, 6) is -0.874. The average molecular weight is 352 g/mol. The van der Waals surface area contributed by atoms with Gasteiger partial charge in [0.1, 0.15) is 5.75 Å². The van der Waals surface area contributed by atoms with Gasteiger partial charge in [-0.15, -0.1) is 0 Å². The Bertz CT molecular complexity index is 758. The third kappa shape index (κ3) is 4.97. The molecule has 0 saturated carbocycles. The Balaban J connectivity index is 1.98. The Hall–Kier alpha value is -3.03. The van der Waals surface area contributed by atoms with Gasteiger partial charge < -0.3 is 4.74 Å². The predicted octanol–water partition coefficient (Wildman–Crippen LogP) is 3.18. The van der Waals surface area contributed by atoms with Gasteiger partial charge in [0, 0.05) is 11.1 Å². The molecule has 25 heavy (non-hydrogen) atoms. The topological polar surface area (TPSA) is 67.4 Å². The maximum absolute atomic E-state index is 12.6. The van der Waals surface area contributed by atoms with Crippen LogP contribution < -0.4 is 15.6 Å². The largest absolute Gasteiger partial charge is 0.494 e. The second-order valence-electron chi connectivity index (χ2n) is 4.94. The summed E-state index contributed by atoms with van der Waals surface area (Å²) in [4.78, 5) is 23.8. The van der Waals surface area contributed by atoms with Crippen molar-refractivity contribution in [2.75, 3.05) is 6.61 Å². The third-order valence-corrected chi connectivity index (χ3v) is 3.17. The van der Waals surface area contributed by atoms with E-state index >= 15 is 0 Å². The molecule has 0 fully saturated rings. The highest BCUT2D eigenvalue weighted by atomic mass is 19.4. The number of nitrogens with one attached hydrogen (secondary N) is 2. The van der Waals surface area contributed by atoms with Crippen LogP contribution in [0.5, 0.6) is 5.75 Å². The second kappa shape index (κ2) is 7.69. The molecule has 5 nitrogen and oxygen atoms in total. The van der Waals surface area contributed by atoms with Crippen LogP contribution in [0.25, 0.3) is 0 Å². The standard InChI is InChI=1S/C17H15F3N2O3/c1-2-25-14-8-6-11(7-9-14)15(23)21-22-16(24)12-4-3-5-13(10-12)17(18,19)20/h3-10H,2H2,1H3,(H,21,23)(H,22,24). The Kier molecular flexibility index (Phi) is 5.63. The van der Waals surface area contributed by atoms with E-state index in [1.807, 2.05) is 6.92 Å². The predicted molar refractivity (Wildman–Crippen MR) is 84.0 cm³/mol. The van der Waals surface area contributed by atoms with Crippen LogP contribution in [0, 0.1) is 0 Å². The summed E-state index contributed by atoms with van der Waals surface area (Å²) >= 11 is 0. The van der Waals surface area contributed by atoms with Crippen LogP contribution in [-0.4, -0.2) is 18.4 Å². The molecule has 2 N–H and O–H groups in total. The molecule has 0 heterocycles. The van der Waals surface area contributed by atoms with Crippen molar-refractivity contribution in [1.29, 1.82) is 0 Å². The minimum absolute atomic E-state index is 0.221. The number of ether oxygens (including phenoxy) is 1. The number of halogens is 3. The Morgan fingerprint density at radius 2 is 1.56 bits per heavy atom. The molecule has 0 aliphatic rings. The van der Waals surface area contributed by atoms with Gasteiger partial charge in [0.05, 0.1) is 12.2 Å². The molecule has 2 aromatic carbocycles. The monoisotopic (exact) mass is 352 g/mol.